The minimum atomic E-state index is -3.06. The Hall–Kier alpha value is -1.91. The van der Waals surface area contributed by atoms with Crippen LogP contribution in [0.2, 0.25) is 5.04 Å². The van der Waals surface area contributed by atoms with E-state index < -0.39 is 24.7 Å². The van der Waals surface area contributed by atoms with Gasteiger partial charge >= 0.3 is 5.97 Å². The van der Waals surface area contributed by atoms with E-state index in [4.69, 9.17) is 0 Å². The van der Waals surface area contributed by atoms with Crippen molar-refractivity contribution in [2.75, 3.05) is 0 Å². The summed E-state index contributed by atoms with van der Waals surface area (Å²) < 4.78 is 0. The van der Waals surface area contributed by atoms with Crippen molar-refractivity contribution in [2.24, 2.45) is 5.41 Å². The summed E-state index contributed by atoms with van der Waals surface area (Å²) in [7, 11) is -3.06. The van der Waals surface area contributed by atoms with Crippen LogP contribution >= 0.6 is 0 Å². The van der Waals surface area contributed by atoms with E-state index in [1.165, 1.54) is 0 Å². The van der Waals surface area contributed by atoms with Crippen LogP contribution in [0.5, 0.6) is 0 Å². The average Bonchev–Trinajstić information content (AvgIpc) is 2.60. The van der Waals surface area contributed by atoms with Gasteiger partial charge in [0.2, 0.25) is 0 Å². The van der Waals surface area contributed by atoms with Crippen LogP contribution in [0.1, 0.15) is 40.5 Å². The first-order chi connectivity index (χ1) is 11.6. The van der Waals surface area contributed by atoms with E-state index in [9.17, 15) is 14.7 Å². The molecule has 2 aromatic carbocycles. The highest BCUT2D eigenvalue weighted by Gasteiger charge is 2.50. The fourth-order valence-electron chi connectivity index (χ4n) is 3.22. The number of carboxylic acids is 1. The summed E-state index contributed by atoms with van der Waals surface area (Å²) >= 11 is 0. The first-order valence-electron chi connectivity index (χ1n) is 8.68. The molecule has 0 aliphatic heterocycles. The summed E-state index contributed by atoms with van der Waals surface area (Å²) in [5, 5.41) is 10.9. The van der Waals surface area contributed by atoms with E-state index in [1.807, 2.05) is 60.7 Å². The van der Waals surface area contributed by atoms with Crippen LogP contribution < -0.4 is 10.4 Å². The summed E-state index contributed by atoms with van der Waals surface area (Å²) in [6.45, 7) is 7.63. The van der Waals surface area contributed by atoms with Gasteiger partial charge in [-0.15, -0.1) is 0 Å². The molecule has 0 atom stereocenters. The number of rotatable bonds is 7. The number of benzene rings is 2. The molecule has 0 fully saturated rings. The smallest absolute Gasteiger partial charge is 0.309 e. The molecule has 134 valence electrons. The first-order valence-corrected chi connectivity index (χ1v) is 10.6. The summed E-state index contributed by atoms with van der Waals surface area (Å²) in [4.78, 5) is 23.5. The van der Waals surface area contributed by atoms with Crippen LogP contribution in [0.15, 0.2) is 60.7 Å². The third kappa shape index (κ3) is 3.85. The Bertz CT molecular complexity index is 669. The topological polar surface area (TPSA) is 57.5 Å². The molecule has 0 radical (unpaired) electrons. The normalized spacial score (nSPS) is 12.8. The van der Waals surface area contributed by atoms with Crippen molar-refractivity contribution < 1.29 is 14.7 Å². The fourth-order valence-corrected chi connectivity index (χ4v) is 6.95. The molecule has 0 saturated heterocycles. The largest absolute Gasteiger partial charge is 0.481 e. The molecule has 3 nitrogen and oxygen atoms in total. The Kier molecular flexibility index (Phi) is 5.54. The Morgan fingerprint density at radius 2 is 1.24 bits per heavy atom. The minimum Gasteiger partial charge on any atom is -0.481 e. The van der Waals surface area contributed by atoms with Gasteiger partial charge in [-0.3, -0.25) is 4.79 Å². The second-order valence-electron chi connectivity index (χ2n) is 8.02. The highest BCUT2D eigenvalue weighted by atomic mass is 28.4. The SMILES string of the molecule is CC(C)(CCC(C)(C)[Si](O)(c1ccccc1)c1ccccc1)C(=O)O. The molecule has 25 heavy (non-hydrogen) atoms. The number of aliphatic carboxylic acids is 1. The lowest BCUT2D eigenvalue weighted by Crippen LogP contribution is -2.65. The molecule has 0 bridgehead atoms. The van der Waals surface area contributed by atoms with Crippen molar-refractivity contribution in [3.8, 4) is 0 Å². The van der Waals surface area contributed by atoms with Gasteiger partial charge in [0.25, 0.3) is 8.32 Å². The van der Waals surface area contributed by atoms with Gasteiger partial charge in [0, 0.05) is 0 Å². The average molecular weight is 357 g/mol. The van der Waals surface area contributed by atoms with Crippen molar-refractivity contribution in [3.63, 3.8) is 0 Å². The molecule has 0 aliphatic carbocycles. The molecule has 0 spiro atoms. The Labute approximate surface area is 151 Å². The van der Waals surface area contributed by atoms with Crippen molar-refractivity contribution in [2.45, 2.75) is 45.6 Å². The van der Waals surface area contributed by atoms with Gasteiger partial charge in [-0.05, 0) is 42.1 Å². The third-order valence-electron chi connectivity index (χ3n) is 5.32. The van der Waals surface area contributed by atoms with Crippen LogP contribution in [-0.2, 0) is 4.79 Å². The molecular weight excluding hydrogens is 328 g/mol. The number of carboxylic acid groups (broad SMARTS) is 1. The van der Waals surface area contributed by atoms with Crippen molar-refractivity contribution in [1.82, 2.24) is 0 Å². The first kappa shape index (κ1) is 19.4. The molecule has 0 aromatic heterocycles. The number of hydrogen-bond donors (Lipinski definition) is 2. The van der Waals surface area contributed by atoms with E-state index in [2.05, 4.69) is 13.8 Å². The summed E-state index contributed by atoms with van der Waals surface area (Å²) in [5.41, 5.74) is -0.806. The zero-order valence-electron chi connectivity index (χ0n) is 15.5. The zero-order chi connectivity index (χ0) is 18.7. The molecule has 4 heteroatoms. The van der Waals surface area contributed by atoms with Crippen molar-refractivity contribution in [1.29, 1.82) is 0 Å². The van der Waals surface area contributed by atoms with Gasteiger partial charge in [0.05, 0.1) is 5.41 Å². The zero-order valence-corrected chi connectivity index (χ0v) is 16.5. The minimum absolute atomic E-state index is 0.414. The predicted molar refractivity (Wildman–Crippen MR) is 105 cm³/mol. The van der Waals surface area contributed by atoms with Gasteiger partial charge in [-0.1, -0.05) is 74.5 Å². The molecule has 0 heterocycles. The van der Waals surface area contributed by atoms with Crippen molar-refractivity contribution >= 4 is 24.7 Å². The van der Waals surface area contributed by atoms with E-state index in [1.54, 1.807) is 13.8 Å². The van der Waals surface area contributed by atoms with Gasteiger partial charge < -0.3 is 9.90 Å². The third-order valence-corrected chi connectivity index (χ3v) is 9.86. The standard InChI is InChI=1S/C21H28O3Si/c1-20(2,19(22)23)15-16-21(3,4)25(24,17-11-7-5-8-12-17)18-13-9-6-10-14-18/h5-14,24H,15-16H2,1-4H3,(H,22,23). The maximum atomic E-state index is 12.0. The molecule has 2 rings (SSSR count). The molecule has 2 N–H and O–H groups in total. The molecule has 2 aromatic rings. The molecule has 0 aliphatic rings. The van der Waals surface area contributed by atoms with E-state index in [-0.39, 0.29) is 0 Å². The Morgan fingerprint density at radius 3 is 1.60 bits per heavy atom. The lowest BCUT2D eigenvalue weighted by atomic mass is 9.85. The highest BCUT2D eigenvalue weighted by Crippen LogP contribution is 2.42. The maximum absolute atomic E-state index is 12.0. The van der Waals surface area contributed by atoms with E-state index in [0.717, 1.165) is 10.4 Å². The lowest BCUT2D eigenvalue weighted by Gasteiger charge is -2.42. The van der Waals surface area contributed by atoms with Gasteiger partial charge in [-0.25, -0.2) is 0 Å². The summed E-state index contributed by atoms with van der Waals surface area (Å²) in [6, 6.07) is 19.7. The fraction of sp³-hybridized carbons (Fsp3) is 0.381. The quantitative estimate of drug-likeness (QED) is 0.748. The van der Waals surface area contributed by atoms with Gasteiger partial charge in [-0.2, -0.15) is 0 Å². The highest BCUT2D eigenvalue weighted by molar-refractivity contribution is 6.98. The van der Waals surface area contributed by atoms with Crippen LogP contribution in [0, 0.1) is 5.41 Å². The Morgan fingerprint density at radius 1 is 0.840 bits per heavy atom. The van der Waals surface area contributed by atoms with E-state index in [0.29, 0.717) is 12.8 Å². The van der Waals surface area contributed by atoms with Crippen LogP contribution in [0.3, 0.4) is 0 Å². The van der Waals surface area contributed by atoms with Crippen molar-refractivity contribution in [3.05, 3.63) is 60.7 Å². The number of carbonyl (C=O) groups is 1. The summed E-state index contributed by atoms with van der Waals surface area (Å²) in [6.07, 6.45) is 1.16. The lowest BCUT2D eigenvalue weighted by molar-refractivity contribution is -0.147. The van der Waals surface area contributed by atoms with Crippen LogP contribution in [0.25, 0.3) is 0 Å². The number of hydrogen-bond acceptors (Lipinski definition) is 2. The molecule has 0 saturated carbocycles. The molecular formula is C21H28O3Si. The maximum Gasteiger partial charge on any atom is 0.309 e. The Balaban J connectivity index is 2.47. The second kappa shape index (κ2) is 7.14. The van der Waals surface area contributed by atoms with Crippen LogP contribution in [0.4, 0.5) is 0 Å². The summed E-state index contributed by atoms with van der Waals surface area (Å²) in [5.74, 6) is -0.798. The van der Waals surface area contributed by atoms with E-state index >= 15 is 0 Å². The second-order valence-corrected chi connectivity index (χ2v) is 11.9. The molecule has 0 unspecified atom stereocenters. The predicted octanol–water partition coefficient (Wildman–Crippen LogP) is 3.41. The van der Waals surface area contributed by atoms with Gasteiger partial charge in [0.1, 0.15) is 0 Å². The van der Waals surface area contributed by atoms with Gasteiger partial charge in [0.15, 0.2) is 0 Å². The van der Waals surface area contributed by atoms with Crippen LogP contribution in [-0.4, -0.2) is 24.2 Å². The molecule has 0 amide bonds. The monoisotopic (exact) mass is 356 g/mol.